The molecule has 1 aromatic carbocycles. The third-order valence-corrected chi connectivity index (χ3v) is 2.88. The van der Waals surface area contributed by atoms with Crippen LogP contribution < -0.4 is 9.80 Å². The molecule has 0 aromatic heterocycles. The molecule has 0 saturated heterocycles. The Balaban J connectivity index is 2.89. The van der Waals surface area contributed by atoms with E-state index in [0.29, 0.717) is 0 Å². The highest BCUT2D eigenvalue weighted by molar-refractivity contribution is 5.56. The molecule has 0 bridgehead atoms. The fourth-order valence-corrected chi connectivity index (χ4v) is 1.98. The smallest absolute Gasteiger partial charge is 0.0453 e. The quantitative estimate of drug-likeness (QED) is 0.594. The maximum Gasteiger partial charge on any atom is 0.0453 e. The summed E-state index contributed by atoms with van der Waals surface area (Å²) in [5, 5.41) is 0. The maximum absolute atomic E-state index is 3.79. The maximum atomic E-state index is 3.79. The van der Waals surface area contributed by atoms with Crippen LogP contribution >= 0.6 is 0 Å². The van der Waals surface area contributed by atoms with Gasteiger partial charge in [0.2, 0.25) is 0 Å². The molecule has 0 N–H and O–H groups in total. The molecule has 0 atom stereocenters. The molecular formula is C18H23N2. The van der Waals surface area contributed by atoms with Gasteiger partial charge in [0.05, 0.1) is 0 Å². The van der Waals surface area contributed by atoms with Crippen LogP contribution in [0.2, 0.25) is 0 Å². The van der Waals surface area contributed by atoms with Crippen molar-refractivity contribution >= 4 is 11.4 Å². The second-order valence-electron chi connectivity index (χ2n) is 4.40. The summed E-state index contributed by atoms with van der Waals surface area (Å²) in [4.78, 5) is 4.35. The molecular weight excluding hydrogens is 244 g/mol. The van der Waals surface area contributed by atoms with Crippen molar-refractivity contribution in [2.24, 2.45) is 0 Å². The Hall–Kier alpha value is -2.22. The van der Waals surface area contributed by atoms with Crippen molar-refractivity contribution < 1.29 is 0 Å². The highest BCUT2D eigenvalue weighted by Gasteiger charge is 2.06. The normalized spacial score (nSPS) is 9.60. The summed E-state index contributed by atoms with van der Waals surface area (Å²) in [6.07, 6.45) is 7.54. The summed E-state index contributed by atoms with van der Waals surface area (Å²) in [6, 6.07) is 9.49. The molecule has 0 fully saturated rings. The van der Waals surface area contributed by atoms with E-state index in [4.69, 9.17) is 0 Å². The first-order valence-electron chi connectivity index (χ1n) is 6.72. The van der Waals surface area contributed by atoms with Gasteiger partial charge in [0.25, 0.3) is 0 Å². The number of anilines is 2. The van der Waals surface area contributed by atoms with Gasteiger partial charge in [-0.2, -0.15) is 0 Å². The van der Waals surface area contributed by atoms with E-state index in [1.54, 1.807) is 0 Å². The van der Waals surface area contributed by atoms with Crippen molar-refractivity contribution in [2.45, 2.75) is 0 Å². The molecule has 2 nitrogen and oxygen atoms in total. The van der Waals surface area contributed by atoms with Crippen LogP contribution in [0.4, 0.5) is 11.4 Å². The number of benzene rings is 1. The average molecular weight is 267 g/mol. The molecule has 1 aromatic rings. The minimum atomic E-state index is 0.783. The topological polar surface area (TPSA) is 6.48 Å². The predicted molar refractivity (Wildman–Crippen MR) is 90.5 cm³/mol. The Labute approximate surface area is 123 Å². The fourth-order valence-electron chi connectivity index (χ4n) is 1.98. The van der Waals surface area contributed by atoms with E-state index in [1.165, 1.54) is 0 Å². The van der Waals surface area contributed by atoms with Crippen molar-refractivity contribution in [3.05, 3.63) is 74.9 Å². The summed E-state index contributed by atoms with van der Waals surface area (Å²) in [7, 11) is 0. The van der Waals surface area contributed by atoms with E-state index in [2.05, 4.69) is 54.3 Å². The van der Waals surface area contributed by atoms with Crippen LogP contribution in [0.15, 0.2) is 68.8 Å². The van der Waals surface area contributed by atoms with Gasteiger partial charge in [0.1, 0.15) is 0 Å². The van der Waals surface area contributed by atoms with E-state index in [1.807, 2.05) is 30.4 Å². The molecule has 0 amide bonds. The Kier molecular flexibility index (Phi) is 6.97. The number of nitrogens with zero attached hydrogens (tertiary/aromatic N) is 2. The summed E-state index contributed by atoms with van der Waals surface area (Å²) in [5.74, 6) is 0. The van der Waals surface area contributed by atoms with Crippen LogP contribution in [0.1, 0.15) is 0 Å². The summed E-state index contributed by atoms with van der Waals surface area (Å²) in [5.41, 5.74) is 2.16. The largest absolute Gasteiger partial charge is 0.364 e. The van der Waals surface area contributed by atoms with Crippen molar-refractivity contribution in [1.29, 1.82) is 0 Å². The van der Waals surface area contributed by atoms with Gasteiger partial charge in [-0.15, -0.1) is 26.3 Å². The predicted octanol–water partition coefficient (Wildman–Crippen LogP) is 3.84. The molecule has 0 aliphatic heterocycles. The Morgan fingerprint density at radius 3 is 1.70 bits per heavy atom. The van der Waals surface area contributed by atoms with Crippen LogP contribution in [0.25, 0.3) is 0 Å². The Morgan fingerprint density at radius 1 is 0.800 bits per heavy atom. The molecule has 1 radical (unpaired) electrons. The van der Waals surface area contributed by atoms with Crippen molar-refractivity contribution in [1.82, 2.24) is 0 Å². The third kappa shape index (κ3) is 4.47. The molecule has 0 unspecified atom stereocenters. The van der Waals surface area contributed by atoms with Gasteiger partial charge in [0.15, 0.2) is 0 Å². The van der Waals surface area contributed by atoms with Gasteiger partial charge in [-0.05, 0) is 18.2 Å². The van der Waals surface area contributed by atoms with Gasteiger partial charge in [0, 0.05) is 43.6 Å². The minimum Gasteiger partial charge on any atom is -0.364 e. The molecule has 0 saturated carbocycles. The van der Waals surface area contributed by atoms with Gasteiger partial charge >= 0.3 is 0 Å². The summed E-state index contributed by atoms with van der Waals surface area (Å²) >= 11 is 0. The monoisotopic (exact) mass is 267 g/mol. The number of hydrogen-bond acceptors (Lipinski definition) is 2. The van der Waals surface area contributed by atoms with E-state index in [9.17, 15) is 0 Å². The molecule has 1 rings (SSSR count). The highest BCUT2D eigenvalue weighted by Crippen LogP contribution is 2.20. The SMILES string of the molecule is C=CCN(CC=C)c1[c]cc(N(CC=C)CC=C)cc1. The molecule has 0 heterocycles. The highest BCUT2D eigenvalue weighted by atomic mass is 15.1. The Bertz CT molecular complexity index is 382. The van der Waals surface area contributed by atoms with Crippen LogP contribution in [0.3, 0.4) is 0 Å². The van der Waals surface area contributed by atoms with Crippen LogP contribution in [-0.4, -0.2) is 26.2 Å². The lowest BCUT2D eigenvalue weighted by atomic mass is 10.2. The lowest BCUT2D eigenvalue weighted by Gasteiger charge is -2.24. The molecule has 105 valence electrons. The zero-order valence-corrected chi connectivity index (χ0v) is 12.1. The van der Waals surface area contributed by atoms with Crippen molar-refractivity contribution in [3.8, 4) is 0 Å². The molecule has 20 heavy (non-hydrogen) atoms. The second kappa shape index (κ2) is 8.81. The van der Waals surface area contributed by atoms with E-state index in [-0.39, 0.29) is 0 Å². The first kappa shape index (κ1) is 15.8. The standard InChI is InChI=1S/C18H23N2/c1-5-13-19(14-6-2)17-9-11-18(12-10-17)20(15-7-3)16-8-4/h5-11H,1-4,13-16H2. The Morgan fingerprint density at radius 2 is 1.30 bits per heavy atom. The van der Waals surface area contributed by atoms with Crippen LogP contribution in [0.5, 0.6) is 0 Å². The molecule has 0 aliphatic rings. The lowest BCUT2D eigenvalue weighted by molar-refractivity contribution is 0.942. The van der Waals surface area contributed by atoms with Crippen LogP contribution in [-0.2, 0) is 0 Å². The zero-order chi connectivity index (χ0) is 14.8. The third-order valence-electron chi connectivity index (χ3n) is 2.88. The van der Waals surface area contributed by atoms with E-state index >= 15 is 0 Å². The molecule has 2 heteroatoms. The average Bonchev–Trinajstić information content (AvgIpc) is 2.47. The van der Waals surface area contributed by atoms with Gasteiger partial charge in [-0.1, -0.05) is 24.3 Å². The zero-order valence-electron chi connectivity index (χ0n) is 12.1. The van der Waals surface area contributed by atoms with Gasteiger partial charge < -0.3 is 9.80 Å². The number of hydrogen-bond donors (Lipinski definition) is 0. The molecule has 0 spiro atoms. The van der Waals surface area contributed by atoms with Crippen molar-refractivity contribution in [2.75, 3.05) is 36.0 Å². The van der Waals surface area contributed by atoms with Crippen molar-refractivity contribution in [3.63, 3.8) is 0 Å². The van der Waals surface area contributed by atoms with Gasteiger partial charge in [-0.25, -0.2) is 0 Å². The van der Waals surface area contributed by atoms with E-state index < -0.39 is 0 Å². The van der Waals surface area contributed by atoms with Gasteiger partial charge in [-0.3, -0.25) is 0 Å². The van der Waals surface area contributed by atoms with E-state index in [0.717, 1.165) is 37.6 Å². The molecule has 0 aliphatic carbocycles. The first-order valence-corrected chi connectivity index (χ1v) is 6.72. The summed E-state index contributed by atoms with van der Waals surface area (Å²) in [6.45, 7) is 18.3. The first-order chi connectivity index (χ1) is 9.76. The fraction of sp³-hybridized carbons (Fsp3) is 0.222. The lowest BCUT2D eigenvalue weighted by Crippen LogP contribution is -2.24. The number of rotatable bonds is 10. The van der Waals surface area contributed by atoms with Crippen LogP contribution in [0, 0.1) is 6.07 Å². The summed E-state index contributed by atoms with van der Waals surface area (Å²) < 4.78 is 0. The minimum absolute atomic E-state index is 0.783. The second-order valence-corrected chi connectivity index (χ2v) is 4.40.